The smallest absolute Gasteiger partial charge is 0.251 e. The standard InChI is InChI=1S/C18H23N3O2S2/c1-4-13-7-5-6-8-15(13)20-17(23)11-25-18-19-14(9-16(22)21-18)10-24-12(2)3/h5-9,12H,4,10-11H2,1-3H3,(H,20,23)(H,19,21,22). The molecule has 134 valence electrons. The molecule has 0 bridgehead atoms. The zero-order chi connectivity index (χ0) is 18.2. The van der Waals surface area contributed by atoms with E-state index in [2.05, 4.69) is 36.1 Å². The van der Waals surface area contributed by atoms with Crippen molar-refractivity contribution in [1.29, 1.82) is 0 Å². The summed E-state index contributed by atoms with van der Waals surface area (Å²) in [5.41, 5.74) is 2.48. The Morgan fingerprint density at radius 2 is 2.08 bits per heavy atom. The van der Waals surface area contributed by atoms with Crippen LogP contribution in [-0.2, 0) is 17.0 Å². The Labute approximate surface area is 156 Å². The molecule has 0 saturated heterocycles. The highest BCUT2D eigenvalue weighted by atomic mass is 32.2. The summed E-state index contributed by atoms with van der Waals surface area (Å²) in [6.45, 7) is 6.26. The van der Waals surface area contributed by atoms with Crippen molar-refractivity contribution >= 4 is 35.1 Å². The van der Waals surface area contributed by atoms with Gasteiger partial charge in [0.25, 0.3) is 5.56 Å². The fourth-order valence-electron chi connectivity index (χ4n) is 2.15. The zero-order valence-corrected chi connectivity index (χ0v) is 16.3. The molecule has 0 atom stereocenters. The number of hydrogen-bond donors (Lipinski definition) is 2. The third kappa shape index (κ3) is 6.59. The SMILES string of the molecule is CCc1ccccc1NC(=O)CSc1nc(CSC(C)C)cc(=O)[nH]1. The molecule has 0 aliphatic rings. The maximum absolute atomic E-state index is 12.2. The van der Waals surface area contributed by atoms with Crippen LogP contribution < -0.4 is 10.9 Å². The number of amides is 1. The number of aromatic amines is 1. The summed E-state index contributed by atoms with van der Waals surface area (Å²) >= 11 is 2.96. The number of thioether (sulfide) groups is 2. The highest BCUT2D eigenvalue weighted by molar-refractivity contribution is 7.99. The molecule has 1 aromatic carbocycles. The van der Waals surface area contributed by atoms with E-state index in [1.807, 2.05) is 24.3 Å². The van der Waals surface area contributed by atoms with Crippen molar-refractivity contribution in [2.75, 3.05) is 11.1 Å². The lowest BCUT2D eigenvalue weighted by Crippen LogP contribution is -2.16. The second-order valence-corrected chi connectivity index (χ2v) is 8.28. The predicted molar refractivity (Wildman–Crippen MR) is 106 cm³/mol. The number of carbonyl (C=O) groups is 1. The fraction of sp³-hybridized carbons (Fsp3) is 0.389. The van der Waals surface area contributed by atoms with Gasteiger partial charge in [0.1, 0.15) is 0 Å². The minimum atomic E-state index is -0.186. The van der Waals surface area contributed by atoms with Gasteiger partial charge in [-0.2, -0.15) is 11.8 Å². The first-order valence-corrected chi connectivity index (χ1v) is 10.2. The van der Waals surface area contributed by atoms with Gasteiger partial charge in [0.05, 0.1) is 11.4 Å². The van der Waals surface area contributed by atoms with Crippen molar-refractivity contribution < 1.29 is 4.79 Å². The first kappa shape index (κ1) is 19.6. The van der Waals surface area contributed by atoms with Gasteiger partial charge < -0.3 is 10.3 Å². The second-order valence-electron chi connectivity index (χ2n) is 5.75. The molecule has 0 aliphatic carbocycles. The molecular weight excluding hydrogens is 354 g/mol. The molecule has 7 heteroatoms. The molecule has 0 aliphatic heterocycles. The van der Waals surface area contributed by atoms with E-state index in [0.29, 0.717) is 16.2 Å². The lowest BCUT2D eigenvalue weighted by Gasteiger charge is -2.09. The number of carbonyl (C=O) groups excluding carboxylic acids is 1. The molecule has 0 saturated carbocycles. The Morgan fingerprint density at radius 1 is 1.32 bits per heavy atom. The van der Waals surface area contributed by atoms with Crippen LogP contribution in [0.4, 0.5) is 5.69 Å². The summed E-state index contributed by atoms with van der Waals surface area (Å²) in [4.78, 5) is 31.0. The van der Waals surface area contributed by atoms with Gasteiger partial charge in [-0.3, -0.25) is 9.59 Å². The molecular formula is C18H23N3O2S2. The van der Waals surface area contributed by atoms with Gasteiger partial charge in [-0.15, -0.1) is 0 Å². The minimum absolute atomic E-state index is 0.115. The van der Waals surface area contributed by atoms with Crippen LogP contribution in [0.5, 0.6) is 0 Å². The predicted octanol–water partition coefficient (Wildman–Crippen LogP) is 3.70. The van der Waals surface area contributed by atoms with Crippen molar-refractivity contribution in [3.63, 3.8) is 0 Å². The minimum Gasteiger partial charge on any atom is -0.325 e. The quantitative estimate of drug-likeness (QED) is 0.542. The summed E-state index contributed by atoms with van der Waals surface area (Å²) < 4.78 is 0. The van der Waals surface area contributed by atoms with E-state index in [1.165, 1.54) is 17.8 Å². The average molecular weight is 378 g/mol. The first-order valence-electron chi connectivity index (χ1n) is 8.20. The Balaban J connectivity index is 1.96. The summed E-state index contributed by atoms with van der Waals surface area (Å²) in [6.07, 6.45) is 0.855. The molecule has 0 unspecified atom stereocenters. The number of nitrogens with one attached hydrogen (secondary N) is 2. The van der Waals surface area contributed by atoms with Gasteiger partial charge in [-0.1, -0.05) is 50.7 Å². The maximum atomic E-state index is 12.2. The normalized spacial score (nSPS) is 10.9. The molecule has 0 fully saturated rings. The summed E-state index contributed by atoms with van der Waals surface area (Å²) in [6, 6.07) is 9.26. The van der Waals surface area contributed by atoms with Crippen LogP contribution in [0.25, 0.3) is 0 Å². The van der Waals surface area contributed by atoms with Gasteiger partial charge in [0.2, 0.25) is 5.91 Å². The zero-order valence-electron chi connectivity index (χ0n) is 14.7. The number of aromatic nitrogens is 2. The molecule has 0 spiro atoms. The number of nitrogens with zero attached hydrogens (tertiary/aromatic N) is 1. The number of hydrogen-bond acceptors (Lipinski definition) is 5. The van der Waals surface area contributed by atoms with Crippen molar-refractivity contribution in [2.24, 2.45) is 0 Å². The third-order valence-corrected chi connectivity index (χ3v) is 5.35. The molecule has 25 heavy (non-hydrogen) atoms. The number of H-pyrrole nitrogens is 1. The van der Waals surface area contributed by atoms with Crippen molar-refractivity contribution in [3.8, 4) is 0 Å². The van der Waals surface area contributed by atoms with Crippen LogP contribution >= 0.6 is 23.5 Å². The molecule has 2 N–H and O–H groups in total. The molecule has 2 aromatic rings. The highest BCUT2D eigenvalue weighted by Crippen LogP contribution is 2.19. The summed E-state index contributed by atoms with van der Waals surface area (Å²) in [5, 5.41) is 3.87. The van der Waals surface area contributed by atoms with E-state index in [9.17, 15) is 9.59 Å². The molecule has 1 aromatic heterocycles. The number of para-hydroxylation sites is 1. The number of anilines is 1. The van der Waals surface area contributed by atoms with Gasteiger partial charge in [-0.05, 0) is 23.3 Å². The van der Waals surface area contributed by atoms with Gasteiger partial charge in [-0.25, -0.2) is 4.98 Å². The molecule has 2 rings (SSSR count). The van der Waals surface area contributed by atoms with E-state index < -0.39 is 0 Å². The maximum Gasteiger partial charge on any atom is 0.251 e. The lowest BCUT2D eigenvalue weighted by molar-refractivity contribution is -0.113. The van der Waals surface area contributed by atoms with Crippen molar-refractivity contribution in [1.82, 2.24) is 9.97 Å². The van der Waals surface area contributed by atoms with Gasteiger partial charge in [0, 0.05) is 17.5 Å². The number of rotatable bonds is 8. The Kier molecular flexibility index (Phi) is 7.58. The van der Waals surface area contributed by atoms with Crippen LogP contribution in [0.2, 0.25) is 0 Å². The van der Waals surface area contributed by atoms with E-state index in [-0.39, 0.29) is 17.2 Å². The van der Waals surface area contributed by atoms with Crippen LogP contribution in [-0.4, -0.2) is 26.9 Å². The van der Waals surface area contributed by atoms with E-state index >= 15 is 0 Å². The van der Waals surface area contributed by atoms with E-state index in [4.69, 9.17) is 0 Å². The van der Waals surface area contributed by atoms with Crippen LogP contribution in [0.15, 0.2) is 40.3 Å². The first-order chi connectivity index (χ1) is 12.0. The Bertz CT molecular complexity index is 775. The van der Waals surface area contributed by atoms with E-state index in [0.717, 1.165) is 23.4 Å². The van der Waals surface area contributed by atoms with Gasteiger partial charge in [0.15, 0.2) is 5.16 Å². The van der Waals surface area contributed by atoms with Crippen molar-refractivity contribution in [2.45, 2.75) is 43.4 Å². The van der Waals surface area contributed by atoms with Crippen LogP contribution in [0.3, 0.4) is 0 Å². The molecule has 0 radical (unpaired) electrons. The van der Waals surface area contributed by atoms with Crippen molar-refractivity contribution in [3.05, 3.63) is 51.9 Å². The second kappa shape index (κ2) is 9.68. The van der Waals surface area contributed by atoms with E-state index in [1.54, 1.807) is 11.8 Å². The number of benzene rings is 1. The van der Waals surface area contributed by atoms with Crippen LogP contribution in [0.1, 0.15) is 32.0 Å². The summed E-state index contributed by atoms with van der Waals surface area (Å²) in [5.74, 6) is 0.767. The molecule has 1 amide bonds. The fourth-order valence-corrected chi connectivity index (χ4v) is 3.50. The molecule has 1 heterocycles. The van der Waals surface area contributed by atoms with Gasteiger partial charge >= 0.3 is 0 Å². The Hall–Kier alpha value is -1.73. The monoisotopic (exact) mass is 377 g/mol. The molecule has 5 nitrogen and oxygen atoms in total. The highest BCUT2D eigenvalue weighted by Gasteiger charge is 2.09. The Morgan fingerprint density at radius 3 is 2.80 bits per heavy atom. The largest absolute Gasteiger partial charge is 0.325 e. The lowest BCUT2D eigenvalue weighted by atomic mass is 10.1. The van der Waals surface area contributed by atoms with Crippen LogP contribution in [0, 0.1) is 0 Å². The number of aryl methyl sites for hydroxylation is 1. The summed E-state index contributed by atoms with van der Waals surface area (Å²) in [7, 11) is 0. The topological polar surface area (TPSA) is 74.8 Å². The average Bonchev–Trinajstić information content (AvgIpc) is 2.58. The third-order valence-electron chi connectivity index (χ3n) is 3.35.